The monoisotopic (exact) mass is 403 g/mol. The van der Waals surface area contributed by atoms with Crippen LogP contribution in [0.15, 0.2) is 54.7 Å². The molecule has 2 N–H and O–H groups in total. The molecule has 0 atom stereocenters. The van der Waals surface area contributed by atoms with Crippen molar-refractivity contribution in [1.29, 1.82) is 0 Å². The van der Waals surface area contributed by atoms with Crippen molar-refractivity contribution in [2.45, 2.75) is 26.6 Å². The predicted molar refractivity (Wildman–Crippen MR) is 118 cm³/mol. The Morgan fingerprint density at radius 3 is 2.63 bits per heavy atom. The number of amides is 1. The molecular weight excluding hydrogens is 378 g/mol. The number of fused-ring (bicyclic) bond motifs is 3. The highest BCUT2D eigenvalue weighted by Crippen LogP contribution is 2.36. The molecule has 0 aliphatic carbocycles. The third-order valence-corrected chi connectivity index (χ3v) is 5.00. The summed E-state index contributed by atoms with van der Waals surface area (Å²) in [7, 11) is 1.62. The Bertz CT molecular complexity index is 1170. The van der Waals surface area contributed by atoms with E-state index in [2.05, 4.69) is 15.3 Å². The van der Waals surface area contributed by atoms with E-state index in [-0.39, 0.29) is 12.5 Å². The molecule has 30 heavy (non-hydrogen) atoms. The fourth-order valence-electron chi connectivity index (χ4n) is 3.63. The van der Waals surface area contributed by atoms with Gasteiger partial charge in [-0.1, -0.05) is 43.3 Å². The van der Waals surface area contributed by atoms with Crippen LogP contribution in [-0.4, -0.2) is 29.5 Å². The number of H-pyrrole nitrogens is 1. The van der Waals surface area contributed by atoms with Crippen LogP contribution >= 0.6 is 0 Å². The van der Waals surface area contributed by atoms with Crippen molar-refractivity contribution in [1.82, 2.24) is 15.3 Å². The fourth-order valence-corrected chi connectivity index (χ4v) is 3.63. The van der Waals surface area contributed by atoms with Crippen LogP contribution in [0, 0.1) is 0 Å². The van der Waals surface area contributed by atoms with Crippen molar-refractivity contribution in [3.63, 3.8) is 0 Å². The molecule has 0 spiro atoms. The maximum atomic E-state index is 12.7. The minimum Gasteiger partial charge on any atom is -0.488 e. The van der Waals surface area contributed by atoms with E-state index in [9.17, 15) is 4.79 Å². The topological polar surface area (TPSA) is 76.2 Å². The van der Waals surface area contributed by atoms with Gasteiger partial charge >= 0.3 is 0 Å². The zero-order valence-electron chi connectivity index (χ0n) is 17.2. The van der Waals surface area contributed by atoms with Gasteiger partial charge in [-0.25, -0.2) is 4.98 Å². The second kappa shape index (κ2) is 8.97. The van der Waals surface area contributed by atoms with Crippen molar-refractivity contribution >= 4 is 27.7 Å². The van der Waals surface area contributed by atoms with Crippen LogP contribution in [0.4, 0.5) is 0 Å². The molecule has 1 amide bonds. The highest BCUT2D eigenvalue weighted by molar-refractivity contribution is 6.14. The van der Waals surface area contributed by atoms with Gasteiger partial charge in [0.15, 0.2) is 0 Å². The molecule has 0 unspecified atom stereocenters. The number of nitrogens with one attached hydrogen (secondary N) is 2. The summed E-state index contributed by atoms with van der Waals surface area (Å²) >= 11 is 0. The molecule has 0 saturated carbocycles. The quantitative estimate of drug-likeness (QED) is 0.451. The number of ether oxygens (including phenoxy) is 2. The number of carbonyl (C=O) groups is 1. The first-order chi connectivity index (χ1) is 14.7. The molecular formula is C24H25N3O3. The Morgan fingerprint density at radius 1 is 1.03 bits per heavy atom. The summed E-state index contributed by atoms with van der Waals surface area (Å²) < 4.78 is 11.6. The van der Waals surface area contributed by atoms with E-state index in [4.69, 9.17) is 9.47 Å². The number of carbonyl (C=O) groups excluding carboxylic acids is 1. The molecule has 0 bridgehead atoms. The first-order valence-electron chi connectivity index (χ1n) is 10.1. The summed E-state index contributed by atoms with van der Waals surface area (Å²) in [5, 5.41) is 4.76. The molecule has 4 aromatic rings. The molecule has 0 radical (unpaired) electrons. The van der Waals surface area contributed by atoms with Gasteiger partial charge in [-0.2, -0.15) is 0 Å². The van der Waals surface area contributed by atoms with E-state index in [0.717, 1.165) is 45.1 Å². The fraction of sp³-hybridized carbons (Fsp3) is 0.250. The Hall–Kier alpha value is -3.38. The second-order valence-corrected chi connectivity index (χ2v) is 7.14. The van der Waals surface area contributed by atoms with Gasteiger partial charge in [0.05, 0.1) is 23.8 Å². The summed E-state index contributed by atoms with van der Waals surface area (Å²) in [6, 6.07) is 15.9. The number of methoxy groups -OCH3 is 1. The molecule has 0 saturated heterocycles. The number of aromatic amines is 1. The zero-order chi connectivity index (χ0) is 20.9. The molecule has 0 fully saturated rings. The highest BCUT2D eigenvalue weighted by atomic mass is 16.5. The molecule has 0 aliphatic rings. The molecule has 6 heteroatoms. The Balaban J connectivity index is 1.83. The summed E-state index contributed by atoms with van der Waals surface area (Å²) in [4.78, 5) is 20.6. The molecule has 0 aliphatic heterocycles. The van der Waals surface area contributed by atoms with Gasteiger partial charge < -0.3 is 19.8 Å². The number of pyridine rings is 1. The number of aromatic nitrogens is 2. The van der Waals surface area contributed by atoms with Crippen molar-refractivity contribution in [2.75, 3.05) is 13.7 Å². The summed E-state index contributed by atoms with van der Waals surface area (Å²) in [5.41, 5.74) is 4.01. The zero-order valence-corrected chi connectivity index (χ0v) is 17.2. The van der Waals surface area contributed by atoms with E-state index in [1.807, 2.05) is 55.5 Å². The van der Waals surface area contributed by atoms with Crippen LogP contribution in [0.1, 0.15) is 35.0 Å². The summed E-state index contributed by atoms with van der Waals surface area (Å²) in [5.74, 6) is 0.564. The van der Waals surface area contributed by atoms with Gasteiger partial charge in [-0.3, -0.25) is 4.79 Å². The Labute approximate surface area is 175 Å². The van der Waals surface area contributed by atoms with Crippen molar-refractivity contribution in [3.05, 3.63) is 71.5 Å². The first-order valence-corrected chi connectivity index (χ1v) is 10.1. The standard InChI is InChI=1S/C24H25N3O3/c1-3-12-25-24(28)23-17(15-29-2)21-19(13-26-23)27-18-10-7-11-20(22(18)21)30-14-16-8-5-4-6-9-16/h4-11,13,27H,3,12,14-15H2,1-2H3,(H,25,28). The minimum absolute atomic E-state index is 0.192. The van der Waals surface area contributed by atoms with Crippen LogP contribution in [0.5, 0.6) is 5.75 Å². The minimum atomic E-state index is -0.192. The maximum absolute atomic E-state index is 12.7. The lowest BCUT2D eigenvalue weighted by Gasteiger charge is -2.12. The van der Waals surface area contributed by atoms with E-state index < -0.39 is 0 Å². The van der Waals surface area contributed by atoms with Crippen LogP contribution in [0.25, 0.3) is 21.8 Å². The SMILES string of the molecule is CCCNC(=O)c1ncc2[nH]c3cccc(OCc4ccccc4)c3c2c1COC. The largest absolute Gasteiger partial charge is 0.488 e. The average Bonchev–Trinajstić information content (AvgIpc) is 3.16. The molecule has 2 aromatic carbocycles. The number of hydrogen-bond donors (Lipinski definition) is 2. The highest BCUT2D eigenvalue weighted by Gasteiger charge is 2.21. The lowest BCUT2D eigenvalue weighted by atomic mass is 10.0. The van der Waals surface area contributed by atoms with E-state index in [1.165, 1.54) is 0 Å². The van der Waals surface area contributed by atoms with Gasteiger partial charge in [0.2, 0.25) is 0 Å². The third-order valence-electron chi connectivity index (χ3n) is 5.00. The van der Waals surface area contributed by atoms with E-state index in [0.29, 0.717) is 18.8 Å². The molecule has 154 valence electrons. The normalized spacial score (nSPS) is 11.1. The summed E-state index contributed by atoms with van der Waals surface area (Å²) in [6.07, 6.45) is 2.56. The van der Waals surface area contributed by atoms with Crippen LogP contribution in [-0.2, 0) is 18.0 Å². The van der Waals surface area contributed by atoms with Crippen LogP contribution < -0.4 is 10.1 Å². The van der Waals surface area contributed by atoms with Crippen molar-refractivity contribution in [3.8, 4) is 5.75 Å². The smallest absolute Gasteiger partial charge is 0.270 e. The van der Waals surface area contributed by atoms with Gasteiger partial charge in [0.25, 0.3) is 5.91 Å². The predicted octanol–water partition coefficient (Wildman–Crippen LogP) is 4.58. The number of hydrogen-bond acceptors (Lipinski definition) is 4. The second-order valence-electron chi connectivity index (χ2n) is 7.14. The molecule has 2 heterocycles. The lowest BCUT2D eigenvalue weighted by Crippen LogP contribution is -2.26. The van der Waals surface area contributed by atoms with Gasteiger partial charge in [-0.05, 0) is 24.1 Å². The van der Waals surface area contributed by atoms with E-state index in [1.54, 1.807) is 13.3 Å². The van der Waals surface area contributed by atoms with Gasteiger partial charge in [0.1, 0.15) is 18.1 Å². The number of benzene rings is 2. The van der Waals surface area contributed by atoms with Crippen molar-refractivity contribution < 1.29 is 14.3 Å². The molecule has 4 rings (SSSR count). The van der Waals surface area contributed by atoms with Crippen LogP contribution in [0.2, 0.25) is 0 Å². The molecule has 2 aromatic heterocycles. The number of nitrogens with zero attached hydrogens (tertiary/aromatic N) is 1. The van der Waals surface area contributed by atoms with Gasteiger partial charge in [-0.15, -0.1) is 0 Å². The van der Waals surface area contributed by atoms with Gasteiger partial charge in [0, 0.05) is 30.0 Å². The van der Waals surface area contributed by atoms with Crippen LogP contribution in [0.3, 0.4) is 0 Å². The third kappa shape index (κ3) is 3.86. The Morgan fingerprint density at radius 2 is 1.87 bits per heavy atom. The lowest BCUT2D eigenvalue weighted by molar-refractivity contribution is 0.0943. The van der Waals surface area contributed by atoms with E-state index >= 15 is 0 Å². The average molecular weight is 403 g/mol. The molecule has 6 nitrogen and oxygen atoms in total. The maximum Gasteiger partial charge on any atom is 0.270 e. The van der Waals surface area contributed by atoms with Crippen molar-refractivity contribution in [2.24, 2.45) is 0 Å². The number of rotatable bonds is 8. The first kappa shape index (κ1) is 19.9. The Kier molecular flexibility index (Phi) is 5.95. The summed E-state index contributed by atoms with van der Waals surface area (Å²) in [6.45, 7) is 3.35.